The molecule has 2 N–H and O–H groups in total. The molecule has 55 heavy (non-hydrogen) atoms. The first-order valence-corrected chi connectivity index (χ1v) is 20.5. The summed E-state index contributed by atoms with van der Waals surface area (Å²) in [5.74, 6) is 2.80. The molecule has 10 heteroatoms. The summed E-state index contributed by atoms with van der Waals surface area (Å²) in [6.45, 7) is 7.33. The summed E-state index contributed by atoms with van der Waals surface area (Å²) in [6.07, 6.45) is 13.8. The fourth-order valence-electron chi connectivity index (χ4n) is 10.1. The van der Waals surface area contributed by atoms with Crippen LogP contribution in [0.1, 0.15) is 99.1 Å². The number of hydrogen-bond donors (Lipinski definition) is 2. The number of nitrogens with one attached hydrogen (secondary N) is 1. The molecular formula is C45H54ClN3O6. The van der Waals surface area contributed by atoms with Crippen LogP contribution in [-0.4, -0.2) is 59.4 Å². The normalized spacial score (nSPS) is 26.2. The van der Waals surface area contributed by atoms with E-state index < -0.39 is 11.5 Å². The van der Waals surface area contributed by atoms with Crippen LogP contribution in [0.3, 0.4) is 0 Å². The van der Waals surface area contributed by atoms with Crippen molar-refractivity contribution in [3.05, 3.63) is 100 Å². The molecule has 1 aliphatic heterocycles. The van der Waals surface area contributed by atoms with Crippen molar-refractivity contribution in [2.24, 2.45) is 11.8 Å². The van der Waals surface area contributed by atoms with E-state index in [1.165, 1.54) is 28.8 Å². The SMILES string of the molecule is C[C@@H](COc1ccnc2c1[C@H](C)CCC2)CC1Cc2cc3c(cc2C12CCC(Nc1cccc(Cl)c1)(C(=O)O)CC2)OC(CN(C)Cc1ccoc1)CCO3. The molecule has 2 unspecified atom stereocenters. The first-order chi connectivity index (χ1) is 26.6. The van der Waals surface area contributed by atoms with Gasteiger partial charge in [0, 0.05) is 53.2 Å². The maximum Gasteiger partial charge on any atom is 0.329 e. The number of ether oxygens (including phenoxy) is 3. The number of benzene rings is 2. The van der Waals surface area contributed by atoms with Gasteiger partial charge in [-0.05, 0) is 142 Å². The quantitative estimate of drug-likeness (QED) is 0.146. The Balaban J connectivity index is 1.05. The molecule has 3 heterocycles. The van der Waals surface area contributed by atoms with E-state index >= 15 is 0 Å². The van der Waals surface area contributed by atoms with E-state index in [1.807, 2.05) is 42.6 Å². The molecule has 4 aromatic rings. The zero-order valence-electron chi connectivity index (χ0n) is 32.3. The zero-order valence-corrected chi connectivity index (χ0v) is 33.1. The van der Waals surface area contributed by atoms with Crippen LogP contribution >= 0.6 is 11.6 Å². The van der Waals surface area contributed by atoms with E-state index in [-0.39, 0.29) is 17.4 Å². The van der Waals surface area contributed by atoms with Gasteiger partial charge in [-0.25, -0.2) is 4.79 Å². The summed E-state index contributed by atoms with van der Waals surface area (Å²) in [7, 11) is 2.11. The van der Waals surface area contributed by atoms with Crippen LogP contribution in [0.2, 0.25) is 5.02 Å². The Hall–Kier alpha value is -4.21. The van der Waals surface area contributed by atoms with Crippen molar-refractivity contribution in [1.82, 2.24) is 9.88 Å². The number of nitrogens with zero attached hydrogens (tertiary/aromatic N) is 2. The van der Waals surface area contributed by atoms with Crippen LogP contribution in [0.15, 0.2) is 71.7 Å². The van der Waals surface area contributed by atoms with E-state index in [9.17, 15) is 9.90 Å². The number of carboxylic acid groups (broad SMARTS) is 1. The van der Waals surface area contributed by atoms with Crippen molar-refractivity contribution in [3.63, 3.8) is 0 Å². The highest BCUT2D eigenvalue weighted by Crippen LogP contribution is 2.58. The summed E-state index contributed by atoms with van der Waals surface area (Å²) in [4.78, 5) is 20.1. The third kappa shape index (κ3) is 7.79. The molecule has 0 bridgehead atoms. The summed E-state index contributed by atoms with van der Waals surface area (Å²) in [6, 6.07) is 15.9. The fraction of sp³-hybridized carbons (Fsp3) is 0.511. The van der Waals surface area contributed by atoms with Gasteiger partial charge in [0.15, 0.2) is 11.5 Å². The van der Waals surface area contributed by atoms with Crippen molar-refractivity contribution < 1.29 is 28.5 Å². The monoisotopic (exact) mass is 767 g/mol. The standard InChI is InChI=1S/C45H54ClN3O6/c1-29(27-54-39-10-17-47-38-9-4-6-30(2)42(38)39)20-33-21-32-22-40-41(55-36(12-19-53-40)26-49(3)25-31-11-18-52-28-31)24-37(32)44(33)13-15-45(16-14-44,43(50)51)48-35-8-5-7-34(46)23-35/h5,7-8,10-11,17-18,22-24,28-30,33,36,48H,4,6,9,12-16,19-21,25-27H2,1-3H3,(H,50,51)/t29-,30-,33?,36?,44?,45?/m1/s1. The first-order valence-electron chi connectivity index (χ1n) is 20.1. The maximum atomic E-state index is 13.1. The van der Waals surface area contributed by atoms with Gasteiger partial charge in [-0.3, -0.25) is 9.88 Å². The molecule has 2 aromatic heterocycles. The highest BCUT2D eigenvalue weighted by Gasteiger charge is 2.54. The van der Waals surface area contributed by atoms with E-state index in [0.29, 0.717) is 42.9 Å². The lowest BCUT2D eigenvalue weighted by molar-refractivity contribution is -0.144. The molecule has 0 radical (unpaired) electrons. The Kier molecular flexibility index (Phi) is 10.8. The van der Waals surface area contributed by atoms with Crippen molar-refractivity contribution in [1.29, 1.82) is 0 Å². The maximum absolute atomic E-state index is 13.1. The smallest absolute Gasteiger partial charge is 0.329 e. The molecule has 2 aromatic carbocycles. The van der Waals surface area contributed by atoms with Gasteiger partial charge in [-0.2, -0.15) is 0 Å². The molecule has 4 atom stereocenters. The van der Waals surface area contributed by atoms with Gasteiger partial charge in [0.25, 0.3) is 0 Å². The van der Waals surface area contributed by atoms with Crippen molar-refractivity contribution in [3.8, 4) is 17.2 Å². The number of aromatic nitrogens is 1. The minimum absolute atomic E-state index is 0.0314. The Morgan fingerprint density at radius 3 is 2.76 bits per heavy atom. The largest absolute Gasteiger partial charge is 0.493 e. The molecule has 3 aliphatic carbocycles. The number of aryl methyl sites for hydroxylation is 1. The van der Waals surface area contributed by atoms with Crippen LogP contribution in [0.25, 0.3) is 0 Å². The van der Waals surface area contributed by atoms with Gasteiger partial charge in [-0.1, -0.05) is 31.5 Å². The molecule has 1 fully saturated rings. The fourth-order valence-corrected chi connectivity index (χ4v) is 10.3. The number of likely N-dealkylation sites (N-methyl/N-ethyl adjacent to an activating group) is 1. The van der Waals surface area contributed by atoms with E-state index in [2.05, 4.69) is 48.2 Å². The van der Waals surface area contributed by atoms with E-state index in [0.717, 1.165) is 86.5 Å². The number of carboxylic acids is 1. The number of furan rings is 1. The number of anilines is 1. The third-order valence-corrected chi connectivity index (χ3v) is 13.1. The molecule has 0 saturated heterocycles. The lowest BCUT2D eigenvalue weighted by Crippen LogP contribution is -2.53. The second-order valence-electron chi connectivity index (χ2n) is 16.9. The number of pyridine rings is 1. The van der Waals surface area contributed by atoms with Crippen molar-refractivity contribution in [2.75, 3.05) is 32.1 Å². The Morgan fingerprint density at radius 2 is 1.98 bits per heavy atom. The highest BCUT2D eigenvalue weighted by atomic mass is 35.5. The summed E-state index contributed by atoms with van der Waals surface area (Å²) < 4.78 is 25.1. The van der Waals surface area contributed by atoms with E-state index in [4.69, 9.17) is 30.2 Å². The number of rotatable bonds is 12. The van der Waals surface area contributed by atoms with Crippen LogP contribution in [0.4, 0.5) is 5.69 Å². The summed E-state index contributed by atoms with van der Waals surface area (Å²) in [5, 5.41) is 14.7. The van der Waals surface area contributed by atoms with Crippen LogP contribution < -0.4 is 19.5 Å². The highest BCUT2D eigenvalue weighted by molar-refractivity contribution is 6.30. The number of aliphatic carboxylic acids is 1. The molecule has 4 aliphatic rings. The lowest BCUT2D eigenvalue weighted by atomic mass is 9.59. The second-order valence-corrected chi connectivity index (χ2v) is 17.3. The molecular weight excluding hydrogens is 714 g/mol. The molecule has 9 nitrogen and oxygen atoms in total. The summed E-state index contributed by atoms with van der Waals surface area (Å²) in [5.41, 5.74) is 5.60. The van der Waals surface area contributed by atoms with Crippen LogP contribution in [-0.2, 0) is 29.6 Å². The number of carbonyl (C=O) groups is 1. The average molecular weight is 768 g/mol. The predicted molar refractivity (Wildman–Crippen MR) is 214 cm³/mol. The zero-order chi connectivity index (χ0) is 38.2. The van der Waals surface area contributed by atoms with Crippen molar-refractivity contribution >= 4 is 23.3 Å². The van der Waals surface area contributed by atoms with Gasteiger partial charge in [0.05, 0.1) is 25.7 Å². The average Bonchev–Trinajstić information content (AvgIpc) is 3.71. The minimum atomic E-state index is -1.09. The number of hydrogen-bond acceptors (Lipinski definition) is 8. The molecule has 292 valence electrons. The molecule has 8 rings (SSSR count). The van der Waals surface area contributed by atoms with Gasteiger partial charge in [0.1, 0.15) is 17.4 Å². The van der Waals surface area contributed by atoms with Gasteiger partial charge >= 0.3 is 5.97 Å². The Bertz CT molecular complexity index is 1970. The minimum Gasteiger partial charge on any atom is -0.493 e. The third-order valence-electron chi connectivity index (χ3n) is 12.9. The van der Waals surface area contributed by atoms with Gasteiger partial charge < -0.3 is 29.1 Å². The topological polar surface area (TPSA) is 106 Å². The van der Waals surface area contributed by atoms with Crippen LogP contribution in [0.5, 0.6) is 17.2 Å². The Morgan fingerprint density at radius 1 is 1.13 bits per heavy atom. The second kappa shape index (κ2) is 15.7. The number of fused-ring (bicyclic) bond motifs is 4. The predicted octanol–water partition coefficient (Wildman–Crippen LogP) is 9.45. The lowest BCUT2D eigenvalue weighted by Gasteiger charge is -2.47. The van der Waals surface area contributed by atoms with Crippen molar-refractivity contribution in [2.45, 2.75) is 108 Å². The van der Waals surface area contributed by atoms with Gasteiger partial charge in [0.2, 0.25) is 0 Å². The Labute approximate surface area is 329 Å². The first kappa shape index (κ1) is 37.7. The molecule has 1 spiro atoms. The van der Waals surface area contributed by atoms with Crippen LogP contribution in [0, 0.1) is 11.8 Å². The van der Waals surface area contributed by atoms with Gasteiger partial charge in [-0.15, -0.1) is 0 Å². The summed E-state index contributed by atoms with van der Waals surface area (Å²) >= 11 is 6.33. The molecule has 1 saturated carbocycles. The number of halogens is 1. The van der Waals surface area contributed by atoms with E-state index in [1.54, 1.807) is 12.5 Å². The molecule has 0 amide bonds.